The van der Waals surface area contributed by atoms with Crippen molar-refractivity contribution in [3.8, 4) is 5.75 Å². The van der Waals surface area contributed by atoms with Crippen molar-refractivity contribution in [1.82, 2.24) is 4.90 Å². The van der Waals surface area contributed by atoms with E-state index in [2.05, 4.69) is 0 Å². The summed E-state index contributed by atoms with van der Waals surface area (Å²) in [6, 6.07) is 15.0. The number of benzene rings is 2. The van der Waals surface area contributed by atoms with Gasteiger partial charge in [0.1, 0.15) is 5.75 Å². The van der Waals surface area contributed by atoms with E-state index >= 15 is 0 Å². The average Bonchev–Trinajstić information content (AvgIpc) is 3.24. The van der Waals surface area contributed by atoms with Crippen molar-refractivity contribution in [3.63, 3.8) is 0 Å². The van der Waals surface area contributed by atoms with Crippen LogP contribution in [0.15, 0.2) is 65.3 Å². The molecule has 0 N–H and O–H groups in total. The minimum atomic E-state index is -0.961. The molecule has 2 aliphatic heterocycles. The molecule has 0 aliphatic carbocycles. The fourth-order valence-corrected chi connectivity index (χ4v) is 4.44. The zero-order valence-corrected chi connectivity index (χ0v) is 17.2. The van der Waals surface area contributed by atoms with Gasteiger partial charge in [-0.1, -0.05) is 29.3 Å². The standard InChI is InChI=1S/C23H19ClN2O4/c1-14-5-8-16(9-6-14)26-22(28)25(21(27)20-4-3-11-29-20)18-13-23(26,2)30-19-10-7-15(24)12-17(18)19/h3-12,18H,13H2,1-2H3/t18-,23+/m1/s1. The maximum Gasteiger partial charge on any atom is 0.335 e. The summed E-state index contributed by atoms with van der Waals surface area (Å²) in [6.45, 7) is 3.84. The number of rotatable bonds is 2. The van der Waals surface area contributed by atoms with Crippen LogP contribution >= 0.6 is 11.6 Å². The molecular formula is C23H19ClN2O4. The Morgan fingerprint density at radius 3 is 2.63 bits per heavy atom. The second kappa shape index (κ2) is 6.64. The number of halogens is 1. The van der Waals surface area contributed by atoms with E-state index in [0.717, 1.165) is 5.56 Å². The predicted molar refractivity (Wildman–Crippen MR) is 112 cm³/mol. The molecule has 0 saturated carbocycles. The molecule has 0 unspecified atom stereocenters. The summed E-state index contributed by atoms with van der Waals surface area (Å²) in [5, 5.41) is 0.514. The van der Waals surface area contributed by atoms with Crippen molar-refractivity contribution >= 4 is 29.2 Å². The summed E-state index contributed by atoms with van der Waals surface area (Å²) in [7, 11) is 0. The summed E-state index contributed by atoms with van der Waals surface area (Å²) < 4.78 is 11.6. The third-order valence-corrected chi connectivity index (χ3v) is 5.89. The molecule has 5 rings (SSSR count). The van der Waals surface area contributed by atoms with Crippen LogP contribution in [0.4, 0.5) is 10.5 Å². The Kier molecular flexibility index (Phi) is 4.15. The Balaban J connectivity index is 1.69. The van der Waals surface area contributed by atoms with Crippen molar-refractivity contribution in [2.75, 3.05) is 4.90 Å². The van der Waals surface area contributed by atoms with Crippen molar-refractivity contribution in [2.24, 2.45) is 0 Å². The number of hydrogen-bond acceptors (Lipinski definition) is 4. The third kappa shape index (κ3) is 2.79. The van der Waals surface area contributed by atoms with E-state index in [-0.39, 0.29) is 5.76 Å². The van der Waals surface area contributed by atoms with E-state index in [1.165, 1.54) is 11.2 Å². The zero-order valence-electron chi connectivity index (χ0n) is 16.5. The number of ether oxygens (including phenoxy) is 1. The van der Waals surface area contributed by atoms with E-state index in [9.17, 15) is 9.59 Å². The fraction of sp³-hybridized carbons (Fsp3) is 0.217. The van der Waals surface area contributed by atoms with Gasteiger partial charge in [0, 0.05) is 22.7 Å². The van der Waals surface area contributed by atoms with Gasteiger partial charge in [-0.05, 0) is 56.3 Å². The maximum atomic E-state index is 13.7. The van der Waals surface area contributed by atoms with Gasteiger partial charge < -0.3 is 9.15 Å². The summed E-state index contributed by atoms with van der Waals surface area (Å²) in [5.74, 6) is 0.202. The number of urea groups is 1. The van der Waals surface area contributed by atoms with Gasteiger partial charge in [-0.15, -0.1) is 0 Å². The SMILES string of the molecule is Cc1ccc(N2C(=O)N(C(=O)c3ccco3)[C@@H]3C[C@]2(C)Oc2ccc(Cl)cc23)cc1. The number of imide groups is 1. The molecule has 3 heterocycles. The largest absolute Gasteiger partial charge is 0.467 e. The lowest BCUT2D eigenvalue weighted by Crippen LogP contribution is -2.67. The highest BCUT2D eigenvalue weighted by molar-refractivity contribution is 6.30. The molecule has 1 fully saturated rings. The summed E-state index contributed by atoms with van der Waals surface area (Å²) >= 11 is 6.22. The van der Waals surface area contributed by atoms with Crippen molar-refractivity contribution in [2.45, 2.75) is 32.0 Å². The van der Waals surface area contributed by atoms with E-state index in [1.54, 1.807) is 35.2 Å². The molecule has 1 saturated heterocycles. The Morgan fingerprint density at radius 1 is 1.17 bits per heavy atom. The first-order valence-electron chi connectivity index (χ1n) is 9.64. The zero-order chi connectivity index (χ0) is 21.0. The molecule has 152 valence electrons. The first-order valence-corrected chi connectivity index (χ1v) is 10.0. The number of nitrogens with zero attached hydrogens (tertiary/aromatic N) is 2. The lowest BCUT2D eigenvalue weighted by atomic mass is 9.88. The molecule has 0 radical (unpaired) electrons. The smallest absolute Gasteiger partial charge is 0.335 e. The Hall–Kier alpha value is -3.25. The molecule has 2 aliphatic rings. The summed E-state index contributed by atoms with van der Waals surface area (Å²) in [5.41, 5.74) is 1.47. The van der Waals surface area contributed by atoms with Crippen molar-refractivity contribution in [1.29, 1.82) is 0 Å². The molecule has 3 amide bonds. The van der Waals surface area contributed by atoms with Crippen LogP contribution in [-0.2, 0) is 0 Å². The normalized spacial score (nSPS) is 22.5. The predicted octanol–water partition coefficient (Wildman–Crippen LogP) is 5.56. The Bertz CT molecular complexity index is 1140. The van der Waals surface area contributed by atoms with E-state index < -0.39 is 23.7 Å². The highest BCUT2D eigenvalue weighted by Crippen LogP contribution is 2.50. The topological polar surface area (TPSA) is 63.0 Å². The number of hydrogen-bond donors (Lipinski definition) is 0. The first kappa shape index (κ1) is 18.8. The molecule has 6 nitrogen and oxygen atoms in total. The monoisotopic (exact) mass is 422 g/mol. The van der Waals surface area contributed by atoms with Crippen molar-refractivity contribution in [3.05, 3.63) is 82.8 Å². The van der Waals surface area contributed by atoms with Crippen molar-refractivity contribution < 1.29 is 18.7 Å². The lowest BCUT2D eigenvalue weighted by Gasteiger charge is -2.53. The second-order valence-corrected chi connectivity index (χ2v) is 8.22. The quantitative estimate of drug-likeness (QED) is 0.542. The molecule has 2 atom stereocenters. The van der Waals surface area contributed by atoms with Gasteiger partial charge in [0.25, 0.3) is 5.91 Å². The molecule has 0 spiro atoms. The van der Waals surface area contributed by atoms with Crippen LogP contribution < -0.4 is 9.64 Å². The summed E-state index contributed by atoms with van der Waals surface area (Å²) in [4.78, 5) is 29.8. The average molecular weight is 423 g/mol. The van der Waals surface area contributed by atoms with Crippen LogP contribution in [0, 0.1) is 6.92 Å². The molecule has 1 aromatic heterocycles. The van der Waals surface area contributed by atoms with E-state index in [0.29, 0.717) is 28.4 Å². The Labute approximate surface area is 178 Å². The number of fused-ring (bicyclic) bond motifs is 4. The number of aryl methyl sites for hydroxylation is 1. The molecule has 7 heteroatoms. The van der Waals surface area contributed by atoms with Gasteiger partial charge in [-0.2, -0.15) is 0 Å². The van der Waals surface area contributed by atoms with Crippen LogP contribution in [-0.4, -0.2) is 22.6 Å². The summed E-state index contributed by atoms with van der Waals surface area (Å²) in [6.07, 6.45) is 1.81. The maximum absolute atomic E-state index is 13.7. The van der Waals surface area contributed by atoms with Crippen LogP contribution in [0.1, 0.15) is 41.1 Å². The highest BCUT2D eigenvalue weighted by atomic mass is 35.5. The molecule has 2 bridgehead atoms. The van der Waals surface area contributed by atoms with Crippen LogP contribution in [0.5, 0.6) is 5.75 Å². The van der Waals surface area contributed by atoms with Gasteiger partial charge in [-0.3, -0.25) is 9.69 Å². The second-order valence-electron chi connectivity index (χ2n) is 7.79. The van der Waals surface area contributed by atoms with Gasteiger partial charge in [0.05, 0.1) is 12.3 Å². The molecule has 3 aromatic rings. The fourth-order valence-electron chi connectivity index (χ4n) is 4.26. The van der Waals surface area contributed by atoms with E-state index in [1.807, 2.05) is 38.1 Å². The van der Waals surface area contributed by atoms with Gasteiger partial charge in [0.15, 0.2) is 11.5 Å². The van der Waals surface area contributed by atoms with Gasteiger partial charge in [-0.25, -0.2) is 9.69 Å². The number of furan rings is 1. The molecule has 2 aromatic carbocycles. The molecule has 30 heavy (non-hydrogen) atoms. The number of carbonyl (C=O) groups excluding carboxylic acids is 2. The minimum absolute atomic E-state index is 0.103. The Morgan fingerprint density at radius 2 is 1.93 bits per heavy atom. The first-order chi connectivity index (χ1) is 14.4. The van der Waals surface area contributed by atoms with Crippen LogP contribution in [0.25, 0.3) is 0 Å². The minimum Gasteiger partial charge on any atom is -0.467 e. The molecular weight excluding hydrogens is 404 g/mol. The third-order valence-electron chi connectivity index (χ3n) is 5.66. The van der Waals surface area contributed by atoms with Crippen LogP contribution in [0.3, 0.4) is 0 Å². The highest BCUT2D eigenvalue weighted by Gasteiger charge is 2.55. The number of carbonyl (C=O) groups is 2. The van der Waals surface area contributed by atoms with Gasteiger partial charge >= 0.3 is 6.03 Å². The lowest BCUT2D eigenvalue weighted by molar-refractivity contribution is 0.00174. The van der Waals surface area contributed by atoms with E-state index in [4.69, 9.17) is 20.8 Å². The number of anilines is 1. The number of amides is 3. The van der Waals surface area contributed by atoms with Gasteiger partial charge in [0.2, 0.25) is 0 Å². The van der Waals surface area contributed by atoms with Crippen LogP contribution in [0.2, 0.25) is 5.02 Å².